The predicted octanol–water partition coefficient (Wildman–Crippen LogP) is 4.08. The third-order valence-corrected chi connectivity index (χ3v) is 10.2. The van der Waals surface area contributed by atoms with Crippen molar-refractivity contribution in [3.8, 4) is 0 Å². The van der Waals surface area contributed by atoms with E-state index in [0.29, 0.717) is 51.7 Å². The van der Waals surface area contributed by atoms with Gasteiger partial charge in [0.15, 0.2) is 0 Å². The Morgan fingerprint density at radius 2 is 1.96 bits per heavy atom. The van der Waals surface area contributed by atoms with E-state index in [1.807, 2.05) is 30.3 Å². The van der Waals surface area contributed by atoms with Crippen LogP contribution in [0, 0.1) is 11.8 Å². The number of nitrogens with zero attached hydrogens (tertiary/aromatic N) is 2. The van der Waals surface area contributed by atoms with Crippen molar-refractivity contribution in [1.82, 2.24) is 15.1 Å². The number of nitrogens with one attached hydrogen (secondary N) is 1. The first-order valence-corrected chi connectivity index (χ1v) is 17.4. The van der Waals surface area contributed by atoms with Gasteiger partial charge in [-0.25, -0.2) is 0 Å². The lowest BCUT2D eigenvalue weighted by atomic mass is 9.70. The molecule has 3 amide bonds. The van der Waals surface area contributed by atoms with Crippen LogP contribution in [0.4, 0.5) is 0 Å². The van der Waals surface area contributed by atoms with Crippen LogP contribution in [0.25, 0.3) is 0 Å². The third kappa shape index (κ3) is 7.58. The van der Waals surface area contributed by atoms with Crippen molar-refractivity contribution < 1.29 is 33.8 Å². The number of aliphatic hydroxyl groups is 1. The Morgan fingerprint density at radius 1 is 1.20 bits per heavy atom. The summed E-state index contributed by atoms with van der Waals surface area (Å²) in [5.74, 6) is -2.93. The van der Waals surface area contributed by atoms with E-state index in [2.05, 4.69) is 41.3 Å². The molecule has 0 aromatic heterocycles. The zero-order valence-corrected chi connectivity index (χ0v) is 28.4. The van der Waals surface area contributed by atoms with Crippen molar-refractivity contribution in [2.45, 2.75) is 86.9 Å². The molecule has 1 aromatic rings. The van der Waals surface area contributed by atoms with Gasteiger partial charge in [0, 0.05) is 37.5 Å². The number of esters is 1. The first kappa shape index (κ1) is 35.8. The van der Waals surface area contributed by atoms with E-state index >= 15 is 0 Å². The maximum Gasteiger partial charge on any atom is 0.306 e. The highest BCUT2D eigenvalue weighted by molar-refractivity contribution is 9.09. The van der Waals surface area contributed by atoms with Crippen LogP contribution in [0.3, 0.4) is 0 Å². The molecule has 4 rings (SSSR count). The van der Waals surface area contributed by atoms with Crippen LogP contribution in [-0.2, 0) is 28.7 Å². The Bertz CT molecular complexity index is 1250. The molecule has 46 heavy (non-hydrogen) atoms. The zero-order chi connectivity index (χ0) is 33.3. The van der Waals surface area contributed by atoms with E-state index in [1.165, 1.54) is 0 Å². The van der Waals surface area contributed by atoms with Crippen molar-refractivity contribution in [3.63, 3.8) is 0 Å². The van der Waals surface area contributed by atoms with Gasteiger partial charge in [0.1, 0.15) is 18.2 Å². The van der Waals surface area contributed by atoms with Gasteiger partial charge >= 0.3 is 5.97 Å². The highest BCUT2D eigenvalue weighted by atomic mass is 79.9. The van der Waals surface area contributed by atoms with Gasteiger partial charge in [-0.3, -0.25) is 19.2 Å². The molecule has 3 fully saturated rings. The highest BCUT2D eigenvalue weighted by Gasteiger charge is 2.76. The van der Waals surface area contributed by atoms with Crippen molar-refractivity contribution in [3.05, 3.63) is 61.2 Å². The lowest BCUT2D eigenvalue weighted by Crippen LogP contribution is -2.57. The molecule has 3 heterocycles. The van der Waals surface area contributed by atoms with Gasteiger partial charge in [-0.2, -0.15) is 0 Å². The van der Waals surface area contributed by atoms with Gasteiger partial charge in [0.05, 0.1) is 24.0 Å². The molecule has 10 nitrogen and oxygen atoms in total. The first-order chi connectivity index (χ1) is 22.2. The summed E-state index contributed by atoms with van der Waals surface area (Å²) < 4.78 is 12.2. The van der Waals surface area contributed by atoms with Crippen LogP contribution >= 0.6 is 15.9 Å². The lowest BCUT2D eigenvalue weighted by molar-refractivity contribution is -0.148. The Labute approximate surface area is 280 Å². The number of halogens is 1. The fourth-order valence-corrected chi connectivity index (χ4v) is 8.07. The van der Waals surface area contributed by atoms with Crippen LogP contribution in [0.5, 0.6) is 0 Å². The first-order valence-electron chi connectivity index (χ1n) is 16.5. The average Bonchev–Trinajstić information content (AvgIpc) is 3.65. The molecule has 0 radical (unpaired) electrons. The van der Waals surface area contributed by atoms with Crippen LogP contribution in [0.2, 0.25) is 0 Å². The number of hydrogen-bond donors (Lipinski definition) is 2. The van der Waals surface area contributed by atoms with Gasteiger partial charge in [-0.05, 0) is 44.1 Å². The second-order valence-corrected chi connectivity index (χ2v) is 13.6. The number of allylic oxidation sites excluding steroid dienone is 1. The molecule has 1 aromatic carbocycles. The molecule has 3 aliphatic heterocycles. The van der Waals surface area contributed by atoms with Crippen LogP contribution in [-0.4, -0.2) is 94.0 Å². The number of aliphatic hydroxyl groups excluding tert-OH is 1. The minimum Gasteiger partial charge on any atom is -0.463 e. The van der Waals surface area contributed by atoms with Crippen LogP contribution < -0.4 is 5.32 Å². The summed E-state index contributed by atoms with van der Waals surface area (Å²) in [4.78, 5) is 58.5. The van der Waals surface area contributed by atoms with Crippen molar-refractivity contribution >= 4 is 39.6 Å². The molecule has 1 unspecified atom stereocenters. The number of hydrogen-bond acceptors (Lipinski definition) is 7. The van der Waals surface area contributed by atoms with E-state index in [4.69, 9.17) is 9.47 Å². The molecule has 7 atom stereocenters. The van der Waals surface area contributed by atoms with Gasteiger partial charge in [0.2, 0.25) is 17.7 Å². The number of rotatable bonds is 19. The third-order valence-electron chi connectivity index (χ3n) is 9.31. The summed E-state index contributed by atoms with van der Waals surface area (Å²) in [5, 5.41) is 12.4. The molecular weight excluding hydrogens is 654 g/mol. The molecule has 1 spiro atoms. The smallest absolute Gasteiger partial charge is 0.306 e. The van der Waals surface area contributed by atoms with E-state index in [0.717, 1.165) is 18.4 Å². The summed E-state index contributed by atoms with van der Waals surface area (Å²) in [6.45, 7) is 10.7. The predicted molar refractivity (Wildman–Crippen MR) is 178 cm³/mol. The number of likely N-dealkylation sites (tertiary alicyclic amines) is 1. The number of carbonyl (C=O) groups is 4. The summed E-state index contributed by atoms with van der Waals surface area (Å²) in [5.41, 5.74) is -0.411. The molecule has 11 heteroatoms. The Kier molecular flexibility index (Phi) is 13.0. The molecule has 0 saturated carbocycles. The van der Waals surface area contributed by atoms with E-state index < -0.39 is 41.6 Å². The number of ether oxygens (including phenoxy) is 2. The highest BCUT2D eigenvalue weighted by Crippen LogP contribution is 2.60. The van der Waals surface area contributed by atoms with Crippen molar-refractivity contribution in [1.29, 1.82) is 0 Å². The topological polar surface area (TPSA) is 125 Å². The van der Waals surface area contributed by atoms with Crippen molar-refractivity contribution in [2.75, 3.05) is 32.8 Å². The quantitative estimate of drug-likeness (QED) is 0.0964. The Balaban J connectivity index is 1.64. The minimum atomic E-state index is -1.17. The number of fused-ring (bicyclic) bond motifs is 1. The molecule has 3 aliphatic rings. The minimum absolute atomic E-state index is 0.0530. The number of carbonyl (C=O) groups excluding carboxylic acids is 4. The van der Waals surface area contributed by atoms with Gasteiger partial charge in [-0.1, -0.05) is 71.8 Å². The van der Waals surface area contributed by atoms with Gasteiger partial charge in [-0.15, -0.1) is 13.2 Å². The second kappa shape index (κ2) is 16.7. The maximum absolute atomic E-state index is 14.4. The summed E-state index contributed by atoms with van der Waals surface area (Å²) in [6.07, 6.45) is 7.43. The van der Waals surface area contributed by atoms with Gasteiger partial charge in [0.25, 0.3) is 0 Å². The number of alkyl halides is 1. The fourth-order valence-electron chi connectivity index (χ4n) is 7.13. The maximum atomic E-state index is 14.4. The molecular formula is C35H48BrN3O7. The SMILES string of the molecule is C=CCCC(=O)OC[C@H](NC(=O)[C@@H]1[C@H]2O[C@@]3(CC2Br)[C@H](C(=O)N(CC=C)CCCC)N(CCCCCO)C(=O)[C@@H]13)c1ccccc1. The normalized spacial score (nSPS) is 26.8. The Morgan fingerprint density at radius 3 is 2.63 bits per heavy atom. The van der Waals surface area contributed by atoms with E-state index in [-0.39, 0.29) is 42.2 Å². The molecule has 2 N–H and O–H groups in total. The number of amides is 3. The van der Waals surface area contributed by atoms with Gasteiger partial charge < -0.3 is 29.7 Å². The number of unbranched alkanes of at least 4 members (excludes halogenated alkanes) is 3. The monoisotopic (exact) mass is 701 g/mol. The molecule has 3 saturated heterocycles. The summed E-state index contributed by atoms with van der Waals surface area (Å²) >= 11 is 3.74. The molecule has 252 valence electrons. The molecule has 0 aliphatic carbocycles. The average molecular weight is 703 g/mol. The zero-order valence-electron chi connectivity index (χ0n) is 26.8. The summed E-state index contributed by atoms with van der Waals surface area (Å²) in [7, 11) is 0. The summed E-state index contributed by atoms with van der Waals surface area (Å²) in [6, 6.07) is 7.72. The van der Waals surface area contributed by atoms with Crippen molar-refractivity contribution in [2.24, 2.45) is 11.8 Å². The van der Waals surface area contributed by atoms with Crippen LogP contribution in [0.15, 0.2) is 55.6 Å². The fraction of sp³-hybridized carbons (Fsp3) is 0.600. The largest absolute Gasteiger partial charge is 0.463 e. The van der Waals surface area contributed by atoms with Crippen LogP contribution in [0.1, 0.15) is 69.9 Å². The second-order valence-electron chi connectivity index (χ2n) is 12.4. The lowest BCUT2D eigenvalue weighted by Gasteiger charge is -2.37. The Hall–Kier alpha value is -3.02. The van der Waals surface area contributed by atoms with E-state index in [9.17, 15) is 24.3 Å². The molecule has 2 bridgehead atoms. The number of benzene rings is 1. The standard InChI is InChI=1S/C35H48BrN3O7/c1-4-7-17-27(41)45-23-26(24-15-11-9-12-16-24)37-32(42)28-29-33(43)39(20-13-10-14-21-40)31(35(29)22-25(36)30(28)46-35)34(44)38(18-6-3)19-8-5-2/h4,6,9,11-12,15-16,25-26,28-31,40H,1,3,5,7-8,10,13-14,17-23H2,2H3,(H,37,42)/t25?,26-,28-,29+,30-,31-,35+/m0/s1. The van der Waals surface area contributed by atoms with E-state index in [1.54, 1.807) is 22.0 Å².